The van der Waals surface area contributed by atoms with Crippen LogP contribution < -0.4 is 30.4 Å². The second kappa shape index (κ2) is 17.9. The summed E-state index contributed by atoms with van der Waals surface area (Å²) in [5.41, 5.74) is 17.6. The number of benzene rings is 2. The molecule has 0 unspecified atom stereocenters. The predicted octanol–water partition coefficient (Wildman–Crippen LogP) is 1.97. The molecule has 0 aliphatic rings. The minimum atomic E-state index is 0.00351. The van der Waals surface area contributed by atoms with E-state index < -0.39 is 0 Å². The summed E-state index contributed by atoms with van der Waals surface area (Å²) < 4.78 is 35.2. The lowest BCUT2D eigenvalue weighted by molar-refractivity contribution is 0.141. The number of hydrogen-bond donors (Lipinski definition) is 4. The first-order valence-electron chi connectivity index (χ1n) is 16.1. The number of aliphatic hydroxyl groups is 2. The molecule has 4 heterocycles. The average Bonchev–Trinajstić information content (AvgIpc) is 3.70. The van der Waals surface area contributed by atoms with Crippen molar-refractivity contribution < 1.29 is 38.6 Å². The van der Waals surface area contributed by atoms with Crippen LogP contribution in [0.2, 0.25) is 0 Å². The van der Waals surface area contributed by atoms with Crippen molar-refractivity contribution in [1.29, 1.82) is 0 Å². The molecule has 6 aromatic rings. The molecule has 6 N–H and O–H groups in total. The van der Waals surface area contributed by atoms with Gasteiger partial charge in [0, 0.05) is 14.2 Å². The third-order valence-electron chi connectivity index (χ3n) is 7.63. The summed E-state index contributed by atoms with van der Waals surface area (Å²) in [6.45, 7) is 2.42. The van der Waals surface area contributed by atoms with Crippen LogP contribution in [0, 0.1) is 0 Å². The quantitative estimate of drug-likeness (QED) is 0.105. The zero-order valence-electron chi connectivity index (χ0n) is 29.4. The van der Waals surface area contributed by atoms with Gasteiger partial charge in [0.1, 0.15) is 13.2 Å². The number of nitrogens with two attached hydrogens (primary N) is 2. The van der Waals surface area contributed by atoms with Gasteiger partial charge < -0.3 is 50.1 Å². The number of hydrogen-bond acceptors (Lipinski definition) is 16. The Labute approximate surface area is 298 Å². The van der Waals surface area contributed by atoms with Crippen LogP contribution in [0.4, 0.5) is 11.6 Å². The van der Waals surface area contributed by atoms with Crippen molar-refractivity contribution in [3.63, 3.8) is 0 Å². The third kappa shape index (κ3) is 8.90. The number of nitrogens with zero attached hydrogens (tertiary/aromatic N) is 8. The van der Waals surface area contributed by atoms with E-state index in [4.69, 9.17) is 50.1 Å². The third-order valence-corrected chi connectivity index (χ3v) is 7.63. The number of ether oxygens (including phenoxy) is 6. The first-order chi connectivity index (χ1) is 25.3. The Bertz CT molecular complexity index is 1910. The fraction of sp³-hybridized carbons (Fsp3) is 0.353. The Morgan fingerprint density at radius 1 is 0.519 bits per heavy atom. The summed E-state index contributed by atoms with van der Waals surface area (Å²) in [5.74, 6) is 0.435. The van der Waals surface area contributed by atoms with Gasteiger partial charge in [-0.25, -0.2) is 0 Å². The first-order valence-corrected chi connectivity index (χ1v) is 16.1. The number of imidazole rings is 2. The van der Waals surface area contributed by atoms with Crippen molar-refractivity contribution >= 4 is 34.0 Å². The van der Waals surface area contributed by atoms with Gasteiger partial charge in [-0.3, -0.25) is 9.13 Å². The van der Waals surface area contributed by atoms with Gasteiger partial charge in [-0.1, -0.05) is 48.5 Å². The zero-order chi connectivity index (χ0) is 37.0. The number of fused-ring (bicyclic) bond motifs is 2. The van der Waals surface area contributed by atoms with Gasteiger partial charge in [0.2, 0.25) is 0 Å². The van der Waals surface area contributed by atoms with Crippen molar-refractivity contribution in [1.82, 2.24) is 39.0 Å². The van der Waals surface area contributed by atoms with E-state index in [1.54, 1.807) is 23.4 Å². The topological polar surface area (TPSA) is 235 Å². The SMILES string of the molecule is COCCOc1nc(N)c2nc(OC)n(Cc3ccc(CO)cc3)c2n1.COCCOc1nc(N)c2nc(OC)n(Cc3ccc(CO)cc3)c2n1. The highest BCUT2D eigenvalue weighted by Gasteiger charge is 2.20. The molecule has 0 radical (unpaired) electrons. The standard InChI is InChI=1S/2C17H21N5O4/c2*1-24-7-8-26-16-20-14(18)13-15(21-16)22(17(19-13)25-2)9-11-3-5-12(10-23)6-4-11/h2*3-6,23H,7-10H2,1-2H3,(H2,18,20,21). The van der Waals surface area contributed by atoms with Gasteiger partial charge in [-0.2, -0.15) is 29.9 Å². The molecule has 0 spiro atoms. The Kier molecular flexibility index (Phi) is 12.9. The van der Waals surface area contributed by atoms with E-state index >= 15 is 0 Å². The summed E-state index contributed by atoms with van der Waals surface area (Å²) in [6, 6.07) is 16.2. The second-order valence-corrected chi connectivity index (χ2v) is 11.1. The van der Waals surface area contributed by atoms with E-state index in [0.29, 0.717) is 73.9 Å². The predicted molar refractivity (Wildman–Crippen MR) is 190 cm³/mol. The number of methoxy groups -OCH3 is 4. The van der Waals surface area contributed by atoms with E-state index in [1.807, 2.05) is 48.5 Å². The molecule has 0 aliphatic carbocycles. The molecule has 0 amide bonds. The minimum Gasteiger partial charge on any atom is -0.468 e. The lowest BCUT2D eigenvalue weighted by atomic mass is 10.1. The van der Waals surface area contributed by atoms with Crippen molar-refractivity contribution in [2.24, 2.45) is 0 Å². The molecule has 276 valence electrons. The van der Waals surface area contributed by atoms with Crippen LogP contribution >= 0.6 is 0 Å². The maximum atomic E-state index is 9.17. The second-order valence-electron chi connectivity index (χ2n) is 11.1. The van der Waals surface area contributed by atoms with Gasteiger partial charge in [0.05, 0.1) is 53.7 Å². The zero-order valence-corrected chi connectivity index (χ0v) is 29.4. The molecule has 0 saturated carbocycles. The molecule has 52 heavy (non-hydrogen) atoms. The number of aromatic nitrogens is 8. The molecule has 18 nitrogen and oxygen atoms in total. The van der Waals surface area contributed by atoms with Crippen LogP contribution in [0.15, 0.2) is 48.5 Å². The molecule has 18 heteroatoms. The van der Waals surface area contributed by atoms with E-state index in [0.717, 1.165) is 22.3 Å². The number of rotatable bonds is 16. The van der Waals surface area contributed by atoms with Crippen LogP contribution in [0.5, 0.6) is 24.0 Å². The Morgan fingerprint density at radius 2 is 0.885 bits per heavy atom. The first kappa shape index (κ1) is 37.4. The average molecular weight is 719 g/mol. The van der Waals surface area contributed by atoms with Gasteiger partial charge in [-0.05, 0) is 22.3 Å². The van der Waals surface area contributed by atoms with Crippen LogP contribution in [0.3, 0.4) is 0 Å². The van der Waals surface area contributed by atoms with E-state index in [2.05, 4.69) is 29.9 Å². The molecular weight excluding hydrogens is 676 g/mol. The number of aliphatic hydroxyl groups excluding tert-OH is 2. The Morgan fingerprint density at radius 3 is 1.21 bits per heavy atom. The van der Waals surface area contributed by atoms with Crippen molar-refractivity contribution in [2.75, 3.05) is 66.3 Å². The molecule has 0 saturated heterocycles. The molecule has 0 atom stereocenters. The summed E-state index contributed by atoms with van der Waals surface area (Å²) >= 11 is 0. The van der Waals surface area contributed by atoms with Crippen LogP contribution in [-0.4, -0.2) is 104 Å². The lowest BCUT2D eigenvalue weighted by Crippen LogP contribution is -2.09. The van der Waals surface area contributed by atoms with E-state index in [9.17, 15) is 0 Å². The fourth-order valence-electron chi connectivity index (χ4n) is 4.99. The summed E-state index contributed by atoms with van der Waals surface area (Å²) in [4.78, 5) is 25.8. The van der Waals surface area contributed by atoms with Gasteiger partial charge >= 0.3 is 12.0 Å². The molecule has 6 rings (SSSR count). The maximum absolute atomic E-state index is 9.17. The molecular formula is C34H42N10O8. The van der Waals surface area contributed by atoms with Gasteiger partial charge in [0.15, 0.2) is 34.0 Å². The fourth-order valence-corrected chi connectivity index (χ4v) is 4.99. The summed E-state index contributed by atoms with van der Waals surface area (Å²) in [5, 5.41) is 18.3. The Hall–Kier alpha value is -5.82. The lowest BCUT2D eigenvalue weighted by Gasteiger charge is -2.09. The van der Waals surface area contributed by atoms with E-state index in [-0.39, 0.29) is 36.9 Å². The molecule has 0 aliphatic heterocycles. The van der Waals surface area contributed by atoms with Crippen LogP contribution in [-0.2, 0) is 35.8 Å². The molecule has 2 aromatic carbocycles. The maximum Gasteiger partial charge on any atom is 0.320 e. The van der Waals surface area contributed by atoms with Crippen molar-refractivity contribution in [3.05, 3.63) is 70.8 Å². The summed E-state index contributed by atoms with van der Waals surface area (Å²) in [6.07, 6.45) is 0. The highest BCUT2D eigenvalue weighted by molar-refractivity contribution is 5.84. The van der Waals surface area contributed by atoms with Crippen molar-refractivity contribution in [3.8, 4) is 24.0 Å². The highest BCUT2D eigenvalue weighted by Crippen LogP contribution is 2.28. The Balaban J connectivity index is 0.000000201. The van der Waals surface area contributed by atoms with Gasteiger partial charge in [-0.15, -0.1) is 0 Å². The molecule has 4 aromatic heterocycles. The van der Waals surface area contributed by atoms with Crippen LogP contribution in [0.25, 0.3) is 22.3 Å². The number of nitrogen functional groups attached to an aromatic ring is 2. The minimum absolute atomic E-state index is 0.00351. The molecule has 0 fully saturated rings. The van der Waals surface area contributed by atoms with Crippen LogP contribution in [0.1, 0.15) is 22.3 Å². The van der Waals surface area contributed by atoms with Gasteiger partial charge in [0.25, 0.3) is 12.0 Å². The normalized spacial score (nSPS) is 11.0. The monoisotopic (exact) mass is 718 g/mol. The van der Waals surface area contributed by atoms with Crippen molar-refractivity contribution in [2.45, 2.75) is 26.3 Å². The number of anilines is 2. The van der Waals surface area contributed by atoms with E-state index in [1.165, 1.54) is 14.2 Å². The smallest absolute Gasteiger partial charge is 0.320 e. The highest BCUT2D eigenvalue weighted by atomic mass is 16.5. The largest absolute Gasteiger partial charge is 0.468 e. The summed E-state index contributed by atoms with van der Waals surface area (Å²) in [7, 11) is 6.24. The molecule has 0 bridgehead atoms.